The Morgan fingerprint density at radius 3 is 1.33 bits per heavy atom. The minimum atomic E-state index is -1.24. The predicted molar refractivity (Wildman–Crippen MR) is 355 cm³/mol. The lowest BCUT2D eigenvalue weighted by molar-refractivity contribution is 0.0187. The maximum absolute atomic E-state index is 13.0. The van der Waals surface area contributed by atoms with E-state index in [4.69, 9.17) is 43.5 Å². The van der Waals surface area contributed by atoms with Crippen molar-refractivity contribution in [3.63, 3.8) is 0 Å². The molecule has 2 saturated heterocycles. The molecular weight excluding hydrogens is 1220 g/mol. The Kier molecular flexibility index (Phi) is 24.7. The monoisotopic (exact) mass is 1320 g/mol. The van der Waals surface area contributed by atoms with Gasteiger partial charge in [0.05, 0.1) is 44.2 Å². The molecule has 19 nitrogen and oxygen atoms in total. The molecule has 0 saturated carbocycles. The molecule has 0 N–H and O–H groups in total. The normalized spacial score (nSPS) is 16.7. The lowest BCUT2D eigenvalue weighted by atomic mass is 9.94. The van der Waals surface area contributed by atoms with Crippen LogP contribution in [0.25, 0.3) is 21.7 Å². The minimum Gasteiger partial charge on any atom is -0.444 e. The molecule has 2 aliphatic heterocycles. The van der Waals surface area contributed by atoms with Crippen molar-refractivity contribution >= 4 is 94.7 Å². The van der Waals surface area contributed by atoms with E-state index in [1.54, 1.807) is 17.5 Å². The highest BCUT2D eigenvalue weighted by Crippen LogP contribution is 2.35. The first-order valence-electron chi connectivity index (χ1n) is 30.2. The number of thiazole rings is 1. The zero-order chi connectivity index (χ0) is 61.8. The van der Waals surface area contributed by atoms with Crippen molar-refractivity contribution in [3.05, 3.63) is 52.1 Å². The van der Waals surface area contributed by atoms with Gasteiger partial charge in [-0.05, 0) is 107 Å². The summed E-state index contributed by atoms with van der Waals surface area (Å²) in [5, 5.41) is 9.44. The van der Waals surface area contributed by atoms with E-state index < -0.39 is 43.5 Å². The van der Waals surface area contributed by atoms with Crippen molar-refractivity contribution in [3.8, 4) is 10.4 Å². The highest BCUT2D eigenvalue weighted by Gasteiger charge is 2.33. The standard InChI is InChI=1S/C31H52N6O4SSi2.C28H50BrN5O4Si2/c1-31(2,3)41-30(38)35-12-10-11-24(20-35)26-17-28(37-29(34-26)25(18-33-37)27-19-32-21-42-27)36(22-39-13-15-43(4,5)6)23-40-14-16-44(7,8)9;1-28(2,3)38-27(35)32-12-10-11-22(19-32)24-17-25(34-26(31-24)23(29)18-30-34)33(20-36-13-15-39(4,5)6)21-37-14-16-40(7,8)9/h17-19,21,24H,10-16,20,22-23H2,1-9H3;17-18,22H,10-16,19-21H2,1-9H3. The van der Waals surface area contributed by atoms with Gasteiger partial charge < -0.3 is 48.0 Å². The lowest BCUT2D eigenvalue weighted by Crippen LogP contribution is -2.42. The third-order valence-corrected chi connectivity index (χ3v) is 22.4. The SMILES string of the molecule is CC(C)(C)OC(=O)N1CCCC(c2cc(N(COCC[Si](C)(C)C)COCC[Si](C)(C)C)n3ncc(-c4cncs4)c3n2)C1.CC(C)(C)OC(=O)N1CCCC(c2cc(N(COCC[Si](C)(C)C)COCC[Si](C)(C)C)n3ncc(Br)c3n2)C1. The van der Waals surface area contributed by atoms with Gasteiger partial charge in [0.2, 0.25) is 0 Å². The number of likely N-dealkylation sites (tertiary alicyclic amines) is 2. The maximum atomic E-state index is 13.0. The number of hydrogen-bond donors (Lipinski definition) is 0. The van der Waals surface area contributed by atoms with Crippen LogP contribution < -0.4 is 9.80 Å². The number of hydrogen-bond acceptors (Lipinski definition) is 16. The molecule has 2 atom stereocenters. The van der Waals surface area contributed by atoms with Gasteiger partial charge >= 0.3 is 12.2 Å². The summed E-state index contributed by atoms with van der Waals surface area (Å²) in [4.78, 5) is 49.2. The van der Waals surface area contributed by atoms with Crippen molar-refractivity contribution in [1.29, 1.82) is 0 Å². The number of carbonyl (C=O) groups is 2. The van der Waals surface area contributed by atoms with E-state index >= 15 is 0 Å². The topological polar surface area (TPSA) is 176 Å². The van der Waals surface area contributed by atoms with Crippen LogP contribution in [0.3, 0.4) is 0 Å². The van der Waals surface area contributed by atoms with Crippen molar-refractivity contribution < 1.29 is 38.0 Å². The fourth-order valence-electron chi connectivity index (χ4n) is 9.27. The van der Waals surface area contributed by atoms with Crippen LogP contribution in [0.1, 0.15) is 90.4 Å². The van der Waals surface area contributed by atoms with Crippen molar-refractivity contribution in [2.75, 3.05) is 89.3 Å². The molecular formula is C59H102BrN11O8SSi4. The van der Waals surface area contributed by atoms with Gasteiger partial charge in [-0.2, -0.15) is 19.2 Å². The number of aromatic nitrogens is 7. The third kappa shape index (κ3) is 22.7. The summed E-state index contributed by atoms with van der Waals surface area (Å²) in [6.07, 6.45) is 8.64. The van der Waals surface area contributed by atoms with Gasteiger partial charge in [-0.25, -0.2) is 19.6 Å². The van der Waals surface area contributed by atoms with E-state index in [0.717, 1.165) is 112 Å². The quantitative estimate of drug-likeness (QED) is 0.0306. The zero-order valence-electron chi connectivity index (χ0n) is 54.2. The average Bonchev–Trinajstić information content (AvgIpc) is 1.94. The van der Waals surface area contributed by atoms with Crippen LogP contribution >= 0.6 is 27.3 Å². The highest BCUT2D eigenvalue weighted by molar-refractivity contribution is 9.10. The molecule has 2 unspecified atom stereocenters. The van der Waals surface area contributed by atoms with Gasteiger partial charge in [-0.3, -0.25) is 4.98 Å². The Labute approximate surface area is 518 Å². The second kappa shape index (κ2) is 29.9. The number of carbonyl (C=O) groups excluding carboxylic acids is 2. The molecule has 2 aliphatic rings. The molecule has 25 heteroatoms. The van der Waals surface area contributed by atoms with Gasteiger partial charge in [-0.1, -0.05) is 78.6 Å². The molecule has 5 aromatic heterocycles. The summed E-state index contributed by atoms with van der Waals surface area (Å²) in [5.74, 6) is 1.90. The van der Waals surface area contributed by atoms with E-state index in [0.29, 0.717) is 66.3 Å². The summed E-state index contributed by atoms with van der Waals surface area (Å²) >= 11 is 5.22. The fourth-order valence-corrected chi connectivity index (χ4v) is 13.3. The Hall–Kier alpha value is -3.80. The number of nitrogens with zero attached hydrogens (tertiary/aromatic N) is 11. The summed E-state index contributed by atoms with van der Waals surface area (Å²) in [6, 6.07) is 8.60. The highest BCUT2D eigenvalue weighted by atomic mass is 79.9. The van der Waals surface area contributed by atoms with Crippen LogP contribution in [0.5, 0.6) is 0 Å². The summed E-state index contributed by atoms with van der Waals surface area (Å²) in [6.45, 7) is 46.7. The van der Waals surface area contributed by atoms with Gasteiger partial charge in [0.1, 0.15) is 49.8 Å². The van der Waals surface area contributed by atoms with E-state index in [2.05, 4.69) is 127 Å². The molecule has 0 bridgehead atoms. The van der Waals surface area contributed by atoms with Crippen LogP contribution in [-0.4, -0.2) is 179 Å². The van der Waals surface area contributed by atoms with Crippen LogP contribution in [0.15, 0.2) is 40.7 Å². The van der Waals surface area contributed by atoms with Gasteiger partial charge in [0, 0.05) is 115 Å². The van der Waals surface area contributed by atoms with Gasteiger partial charge in [-0.15, -0.1) is 11.3 Å². The second-order valence-corrected chi connectivity index (χ2v) is 53.7. The lowest BCUT2D eigenvalue weighted by Gasteiger charge is -2.34. The minimum absolute atomic E-state index is 0.0618. The zero-order valence-corrected chi connectivity index (χ0v) is 60.6. The Morgan fingerprint density at radius 2 is 0.964 bits per heavy atom. The first-order chi connectivity index (χ1) is 39.1. The smallest absolute Gasteiger partial charge is 0.410 e. The molecule has 5 aromatic rings. The number of anilines is 2. The van der Waals surface area contributed by atoms with Crippen LogP contribution in [0.4, 0.5) is 21.2 Å². The molecule has 7 heterocycles. The number of rotatable bonds is 25. The molecule has 0 aromatic carbocycles. The fraction of sp³-hybridized carbons (Fsp3) is 0.712. The Morgan fingerprint density at radius 1 is 0.583 bits per heavy atom. The summed E-state index contributed by atoms with van der Waals surface area (Å²) in [5.41, 5.74) is 5.08. The molecule has 2 fully saturated rings. The molecule has 0 spiro atoms. The number of halogens is 1. The summed E-state index contributed by atoms with van der Waals surface area (Å²) in [7, 11) is -4.90. The molecule has 84 heavy (non-hydrogen) atoms. The van der Waals surface area contributed by atoms with Gasteiger partial charge in [0.15, 0.2) is 11.3 Å². The number of fused-ring (bicyclic) bond motifs is 2. The Balaban J connectivity index is 0.000000271. The van der Waals surface area contributed by atoms with E-state index in [1.165, 1.54) is 0 Å². The first-order valence-corrected chi connectivity index (χ1v) is 46.7. The van der Waals surface area contributed by atoms with Gasteiger partial charge in [0.25, 0.3) is 0 Å². The Bertz CT molecular complexity index is 2830. The number of piperidine rings is 2. The third-order valence-electron chi connectivity index (χ3n) is 14.2. The van der Waals surface area contributed by atoms with Crippen molar-refractivity contribution in [2.45, 2.75) is 193 Å². The maximum Gasteiger partial charge on any atom is 0.410 e. The number of amides is 2. The van der Waals surface area contributed by atoms with Crippen LogP contribution in [0, 0.1) is 0 Å². The summed E-state index contributed by atoms with van der Waals surface area (Å²) < 4.78 is 40.9. The molecule has 2 amide bonds. The largest absolute Gasteiger partial charge is 0.444 e. The first kappa shape index (κ1) is 69.3. The van der Waals surface area contributed by atoms with E-state index in [-0.39, 0.29) is 24.0 Å². The molecule has 0 aliphatic carbocycles. The average molecular weight is 1320 g/mol. The molecule has 0 radical (unpaired) electrons. The molecule has 470 valence electrons. The van der Waals surface area contributed by atoms with Crippen LogP contribution in [0.2, 0.25) is 103 Å². The molecule has 7 rings (SSSR count). The number of ether oxygens (including phenoxy) is 6. The predicted octanol–water partition coefficient (Wildman–Crippen LogP) is 14.4. The van der Waals surface area contributed by atoms with E-state index in [1.807, 2.05) is 78.3 Å². The van der Waals surface area contributed by atoms with Crippen molar-refractivity contribution in [2.24, 2.45) is 0 Å². The van der Waals surface area contributed by atoms with Crippen LogP contribution in [-0.2, 0) is 28.4 Å². The van der Waals surface area contributed by atoms with Crippen molar-refractivity contribution in [1.82, 2.24) is 44.0 Å². The van der Waals surface area contributed by atoms with E-state index in [9.17, 15) is 9.59 Å². The second-order valence-electron chi connectivity index (χ2n) is 29.5.